The number of hydrogen-bond donors (Lipinski definition) is 6. The number of β-lactam (4-membered cyclic amide) rings is 1. The highest BCUT2D eigenvalue weighted by Gasteiger charge is 2.55. The number of carbonyl (C=O) groups excluding carboxylic acids is 4. The first kappa shape index (κ1) is 31.6. The lowest BCUT2D eigenvalue weighted by Gasteiger charge is -2.50. The number of fused-ring (bicyclic) bond motifs is 1. The molecule has 16 nitrogen and oxygen atoms in total. The molecule has 3 aliphatic heterocycles. The average Bonchev–Trinajstić information content (AvgIpc) is 3.66. The van der Waals surface area contributed by atoms with Gasteiger partial charge in [-0.15, -0.1) is 23.1 Å². The van der Waals surface area contributed by atoms with Crippen molar-refractivity contribution in [2.45, 2.75) is 37.1 Å². The summed E-state index contributed by atoms with van der Waals surface area (Å²) in [7, 11) is 0. The molecule has 5 heterocycles. The third-order valence-corrected chi connectivity index (χ3v) is 9.50. The summed E-state index contributed by atoms with van der Waals surface area (Å²) in [5.41, 5.74) is 6.00. The minimum atomic E-state index is -1.45. The standard InChI is InChI=1S/C27H28N8O8S2/c1-2-34(43)17(36)9-14(12-3-6-29-7-4-12)18(13-5-8-30-22(13)37)15-10-44-25-20(24(39)35(25)21(15)26(40)41)32-23(38)19(33-42)16-11-45-27(28)31-16/h3-4,6-7,11,14,20,25,42-43H,2,5,8-10H2,1H3,(H2,28,31)(H,30,37)(H,32,38)(H,40,41)/t14?,20-,25-/m1/s1. The van der Waals surface area contributed by atoms with Gasteiger partial charge in [-0.25, -0.2) is 14.8 Å². The predicted molar refractivity (Wildman–Crippen MR) is 160 cm³/mol. The number of carboxylic acids is 1. The number of hydroxylamine groups is 2. The molecule has 0 saturated carbocycles. The topological polar surface area (TPSA) is 241 Å². The van der Waals surface area contributed by atoms with E-state index in [4.69, 9.17) is 5.73 Å². The molecule has 3 atom stereocenters. The molecule has 236 valence electrons. The molecule has 7 N–H and O–H groups in total. The van der Waals surface area contributed by atoms with Crippen LogP contribution in [0.2, 0.25) is 0 Å². The maximum absolute atomic E-state index is 13.5. The quantitative estimate of drug-likeness (QED) is 0.0504. The van der Waals surface area contributed by atoms with Crippen LogP contribution >= 0.6 is 23.1 Å². The highest BCUT2D eigenvalue weighted by molar-refractivity contribution is 8.00. The smallest absolute Gasteiger partial charge is 0.352 e. The predicted octanol–water partition coefficient (Wildman–Crippen LogP) is 0.265. The molecule has 2 fully saturated rings. The van der Waals surface area contributed by atoms with Crippen molar-refractivity contribution in [3.05, 3.63) is 63.6 Å². The maximum atomic E-state index is 13.5. The van der Waals surface area contributed by atoms with Crippen molar-refractivity contribution in [3.63, 3.8) is 0 Å². The second kappa shape index (κ2) is 13.0. The van der Waals surface area contributed by atoms with E-state index >= 15 is 0 Å². The lowest BCUT2D eigenvalue weighted by Crippen LogP contribution is -2.71. The molecule has 5 rings (SSSR count). The first-order valence-corrected chi connectivity index (χ1v) is 15.6. The molecule has 0 spiro atoms. The number of nitrogens with one attached hydrogen (secondary N) is 2. The summed E-state index contributed by atoms with van der Waals surface area (Å²) < 4.78 is 0. The minimum Gasteiger partial charge on any atom is -0.477 e. The van der Waals surface area contributed by atoms with Gasteiger partial charge in [0.15, 0.2) is 10.8 Å². The van der Waals surface area contributed by atoms with Crippen molar-refractivity contribution in [3.8, 4) is 0 Å². The third-order valence-electron chi connectivity index (χ3n) is 7.55. The van der Waals surface area contributed by atoms with Crippen LogP contribution in [-0.2, 0) is 24.0 Å². The highest BCUT2D eigenvalue weighted by atomic mass is 32.2. The van der Waals surface area contributed by atoms with E-state index in [0.717, 1.165) is 28.0 Å². The number of thioether (sulfide) groups is 1. The molecule has 0 radical (unpaired) electrons. The fraction of sp³-hybridized carbons (Fsp3) is 0.333. The number of anilines is 1. The number of nitrogens with zero attached hydrogens (tertiary/aromatic N) is 5. The average molecular weight is 657 g/mol. The Balaban J connectivity index is 1.55. The number of nitrogen functional groups attached to an aromatic ring is 1. The molecular formula is C27H28N8O8S2. The van der Waals surface area contributed by atoms with Gasteiger partial charge in [0.2, 0.25) is 11.8 Å². The van der Waals surface area contributed by atoms with Crippen LogP contribution in [0, 0.1) is 0 Å². The van der Waals surface area contributed by atoms with Crippen LogP contribution < -0.4 is 16.4 Å². The lowest BCUT2D eigenvalue weighted by atomic mass is 9.80. The maximum Gasteiger partial charge on any atom is 0.352 e. The van der Waals surface area contributed by atoms with Gasteiger partial charge in [-0.2, -0.15) is 0 Å². The number of thiazole rings is 1. The fourth-order valence-electron chi connectivity index (χ4n) is 5.46. The number of rotatable bonds is 10. The summed E-state index contributed by atoms with van der Waals surface area (Å²) in [4.78, 5) is 74.3. The van der Waals surface area contributed by atoms with Crippen LogP contribution in [0.25, 0.3) is 0 Å². The Morgan fingerprint density at radius 1 is 1.29 bits per heavy atom. The van der Waals surface area contributed by atoms with Crippen LogP contribution in [-0.4, -0.2) is 101 Å². The van der Waals surface area contributed by atoms with Gasteiger partial charge in [0.25, 0.3) is 11.8 Å². The molecule has 0 bridgehead atoms. The molecule has 4 amide bonds. The molecule has 1 unspecified atom stereocenters. The van der Waals surface area contributed by atoms with Crippen molar-refractivity contribution in [2.24, 2.45) is 5.16 Å². The van der Waals surface area contributed by atoms with E-state index in [1.165, 1.54) is 17.8 Å². The highest BCUT2D eigenvalue weighted by Crippen LogP contribution is 2.47. The molecule has 2 aromatic heterocycles. The van der Waals surface area contributed by atoms with Crippen molar-refractivity contribution >= 4 is 63.5 Å². The number of amides is 4. The summed E-state index contributed by atoms with van der Waals surface area (Å²) >= 11 is 2.17. The van der Waals surface area contributed by atoms with Gasteiger partial charge >= 0.3 is 5.97 Å². The zero-order chi connectivity index (χ0) is 32.4. The zero-order valence-electron chi connectivity index (χ0n) is 23.7. The van der Waals surface area contributed by atoms with E-state index in [1.54, 1.807) is 19.1 Å². The summed E-state index contributed by atoms with van der Waals surface area (Å²) in [6, 6.07) is 2.10. The molecule has 2 saturated heterocycles. The van der Waals surface area contributed by atoms with Crippen LogP contribution in [0.5, 0.6) is 0 Å². The van der Waals surface area contributed by atoms with E-state index in [1.807, 2.05) is 0 Å². The number of hydrogen-bond acceptors (Lipinski definition) is 13. The van der Waals surface area contributed by atoms with E-state index in [-0.39, 0.29) is 64.9 Å². The van der Waals surface area contributed by atoms with E-state index in [9.17, 15) is 39.5 Å². The molecule has 18 heteroatoms. The molecule has 0 aromatic carbocycles. The number of aromatic nitrogens is 2. The van der Waals surface area contributed by atoms with E-state index < -0.39 is 52.6 Å². The first-order valence-electron chi connectivity index (χ1n) is 13.6. The third kappa shape index (κ3) is 5.98. The summed E-state index contributed by atoms with van der Waals surface area (Å²) in [5, 5.41) is 39.5. The Kier molecular flexibility index (Phi) is 9.16. The number of oxime groups is 1. The van der Waals surface area contributed by atoms with Gasteiger partial charge in [-0.1, -0.05) is 5.16 Å². The number of allylic oxidation sites excluding steroid dienone is 1. The second-order valence-corrected chi connectivity index (χ2v) is 12.1. The van der Waals surface area contributed by atoms with Crippen molar-refractivity contribution < 1.29 is 39.5 Å². The normalized spacial score (nSPS) is 21.5. The Bertz CT molecular complexity index is 1660. The van der Waals surface area contributed by atoms with Gasteiger partial charge in [0, 0.05) is 54.5 Å². The Hall–Kier alpha value is -4.81. The largest absolute Gasteiger partial charge is 0.477 e. The Morgan fingerprint density at radius 2 is 2.02 bits per heavy atom. The SMILES string of the molecule is CCN(O)C(=O)CC(C(=C1CCNC1=O)C1=C(C(=O)O)N2C(=O)[C@@H](NC(=O)C(=NO)c3csc(N)n3)[C@H]2SC1)c1ccncc1. The molecule has 2 aromatic rings. The van der Waals surface area contributed by atoms with E-state index in [0.29, 0.717) is 10.6 Å². The molecule has 0 aliphatic carbocycles. The Labute approximate surface area is 263 Å². The van der Waals surface area contributed by atoms with Gasteiger partial charge in [0.05, 0.1) is 0 Å². The van der Waals surface area contributed by atoms with Gasteiger partial charge in [0.1, 0.15) is 22.8 Å². The zero-order valence-corrected chi connectivity index (χ0v) is 25.3. The van der Waals surface area contributed by atoms with Crippen molar-refractivity contribution in [1.82, 2.24) is 30.6 Å². The molecule has 45 heavy (non-hydrogen) atoms. The van der Waals surface area contributed by atoms with Crippen LogP contribution in [0.15, 0.2) is 57.5 Å². The fourth-order valence-corrected chi connectivity index (χ4v) is 7.38. The number of aliphatic carboxylic acids is 1. The minimum absolute atomic E-state index is 0.00171. The lowest BCUT2D eigenvalue weighted by molar-refractivity contribution is -0.164. The first-order chi connectivity index (χ1) is 21.6. The summed E-state index contributed by atoms with van der Waals surface area (Å²) in [6.07, 6.45) is 2.92. The van der Waals surface area contributed by atoms with Gasteiger partial charge in [-0.3, -0.25) is 34.3 Å². The number of pyridine rings is 1. The molecular weight excluding hydrogens is 628 g/mol. The Morgan fingerprint density at radius 3 is 2.60 bits per heavy atom. The monoisotopic (exact) mass is 656 g/mol. The van der Waals surface area contributed by atoms with Crippen LogP contribution in [0.4, 0.5) is 5.13 Å². The summed E-state index contributed by atoms with van der Waals surface area (Å²) in [5.74, 6) is -5.06. The number of carbonyl (C=O) groups is 5. The van der Waals surface area contributed by atoms with Crippen LogP contribution in [0.3, 0.4) is 0 Å². The number of carboxylic acid groups (broad SMARTS) is 1. The number of nitrogens with two attached hydrogens (primary N) is 1. The van der Waals surface area contributed by atoms with Gasteiger partial charge < -0.3 is 26.7 Å². The van der Waals surface area contributed by atoms with Crippen molar-refractivity contribution in [2.75, 3.05) is 24.6 Å². The second-order valence-electron chi connectivity index (χ2n) is 10.1. The van der Waals surface area contributed by atoms with Crippen molar-refractivity contribution in [1.29, 1.82) is 0 Å². The van der Waals surface area contributed by atoms with Gasteiger partial charge in [-0.05, 0) is 42.2 Å². The summed E-state index contributed by atoms with van der Waals surface area (Å²) in [6.45, 7) is 1.87. The van der Waals surface area contributed by atoms with Crippen LogP contribution in [0.1, 0.15) is 36.9 Å². The van der Waals surface area contributed by atoms with E-state index in [2.05, 4.69) is 25.8 Å². The molecule has 3 aliphatic rings.